The van der Waals surface area contributed by atoms with E-state index in [0.717, 1.165) is 44.6 Å². The van der Waals surface area contributed by atoms with Crippen LogP contribution in [0.1, 0.15) is 45.4 Å². The van der Waals surface area contributed by atoms with Gasteiger partial charge in [-0.2, -0.15) is 0 Å². The summed E-state index contributed by atoms with van der Waals surface area (Å²) in [6.07, 6.45) is 33.8. The van der Waals surface area contributed by atoms with Crippen LogP contribution in [0, 0.1) is 0 Å². The second kappa shape index (κ2) is 18.7. The molecule has 0 rings (SSSR count). The monoisotopic (exact) mass is 326 g/mol. The molecule has 1 N–H and O–H groups in total. The highest BCUT2D eigenvalue weighted by molar-refractivity contribution is 5.80. The van der Waals surface area contributed by atoms with Crippen molar-refractivity contribution in [1.82, 2.24) is 0 Å². The molecule has 130 valence electrons. The summed E-state index contributed by atoms with van der Waals surface area (Å²) in [5, 5.41) is 8.40. The number of carboxylic acid groups (broad SMARTS) is 1. The number of rotatable bonds is 13. The van der Waals surface area contributed by atoms with Gasteiger partial charge in [-0.05, 0) is 38.5 Å². The van der Waals surface area contributed by atoms with E-state index in [1.807, 2.05) is 6.08 Å². The quantitative estimate of drug-likeness (QED) is 0.244. The van der Waals surface area contributed by atoms with E-state index in [2.05, 4.69) is 67.7 Å². The molecule has 24 heavy (non-hydrogen) atoms. The SMILES string of the molecule is CC/C=C\C/C=C\C/C=C\C/C=C\C/C=C\C/C=C\C=C/C(=O)O. The Bertz CT molecular complexity index is 500. The first-order chi connectivity index (χ1) is 11.8. The van der Waals surface area contributed by atoms with Crippen LogP contribution in [0.5, 0.6) is 0 Å². The lowest BCUT2D eigenvalue weighted by molar-refractivity contribution is -0.131. The van der Waals surface area contributed by atoms with E-state index >= 15 is 0 Å². The topological polar surface area (TPSA) is 37.3 Å². The molecule has 0 bridgehead atoms. The Kier molecular flexibility index (Phi) is 16.9. The second-order valence-corrected chi connectivity index (χ2v) is 5.07. The number of hydrogen-bond donors (Lipinski definition) is 1. The molecule has 2 heteroatoms. The molecule has 0 radical (unpaired) electrons. The molecule has 0 fully saturated rings. The van der Waals surface area contributed by atoms with Gasteiger partial charge in [0.05, 0.1) is 0 Å². The van der Waals surface area contributed by atoms with Gasteiger partial charge in [0.25, 0.3) is 0 Å². The summed E-state index contributed by atoms with van der Waals surface area (Å²) in [5.41, 5.74) is 0. The van der Waals surface area contributed by atoms with Gasteiger partial charge >= 0.3 is 5.97 Å². The van der Waals surface area contributed by atoms with Gasteiger partial charge in [0.2, 0.25) is 0 Å². The van der Waals surface area contributed by atoms with Gasteiger partial charge in [0, 0.05) is 6.08 Å². The molecule has 0 saturated carbocycles. The number of carboxylic acids is 1. The molecule has 2 nitrogen and oxygen atoms in total. The summed E-state index contributed by atoms with van der Waals surface area (Å²) in [7, 11) is 0. The average molecular weight is 326 g/mol. The maximum absolute atomic E-state index is 10.2. The number of allylic oxidation sites excluding steroid dienone is 13. The zero-order valence-electron chi connectivity index (χ0n) is 14.7. The van der Waals surface area contributed by atoms with Crippen LogP contribution >= 0.6 is 0 Å². The van der Waals surface area contributed by atoms with E-state index in [0.29, 0.717) is 0 Å². The molecule has 0 aromatic heterocycles. The lowest BCUT2D eigenvalue weighted by Crippen LogP contribution is -1.84. The highest BCUT2D eigenvalue weighted by atomic mass is 16.4. The smallest absolute Gasteiger partial charge is 0.328 e. The minimum Gasteiger partial charge on any atom is -0.478 e. The molecular weight excluding hydrogens is 296 g/mol. The van der Waals surface area contributed by atoms with E-state index in [9.17, 15) is 4.79 Å². The molecule has 0 saturated heterocycles. The normalized spacial score (nSPS) is 13.4. The van der Waals surface area contributed by atoms with Gasteiger partial charge in [0.15, 0.2) is 0 Å². The van der Waals surface area contributed by atoms with Crippen molar-refractivity contribution in [3.8, 4) is 0 Å². The fourth-order valence-corrected chi connectivity index (χ4v) is 1.72. The molecule has 0 amide bonds. The molecule has 0 aromatic carbocycles. The summed E-state index contributed by atoms with van der Waals surface area (Å²) in [5.74, 6) is -0.922. The fourth-order valence-electron chi connectivity index (χ4n) is 1.72. The first kappa shape index (κ1) is 21.6. The largest absolute Gasteiger partial charge is 0.478 e. The predicted octanol–water partition coefficient (Wildman–Crippen LogP) is 6.32. The molecule has 0 unspecified atom stereocenters. The van der Waals surface area contributed by atoms with E-state index < -0.39 is 5.97 Å². The van der Waals surface area contributed by atoms with Gasteiger partial charge in [-0.25, -0.2) is 4.79 Å². The van der Waals surface area contributed by atoms with Crippen molar-refractivity contribution in [1.29, 1.82) is 0 Å². The molecule has 0 heterocycles. The van der Waals surface area contributed by atoms with Gasteiger partial charge in [-0.15, -0.1) is 0 Å². The first-order valence-electron chi connectivity index (χ1n) is 8.58. The molecule has 0 aliphatic heterocycles. The van der Waals surface area contributed by atoms with Crippen LogP contribution in [0.4, 0.5) is 0 Å². The van der Waals surface area contributed by atoms with Crippen LogP contribution in [-0.4, -0.2) is 11.1 Å². The molecular formula is C22H30O2. The highest BCUT2D eigenvalue weighted by Crippen LogP contribution is 1.96. The van der Waals surface area contributed by atoms with Crippen molar-refractivity contribution in [3.63, 3.8) is 0 Å². The fraction of sp³-hybridized carbons (Fsp3) is 0.318. The number of carbonyl (C=O) groups is 1. The maximum Gasteiger partial charge on any atom is 0.328 e. The zero-order valence-corrected chi connectivity index (χ0v) is 14.7. The van der Waals surface area contributed by atoms with E-state index in [1.54, 1.807) is 6.08 Å². The summed E-state index contributed by atoms with van der Waals surface area (Å²) < 4.78 is 0. The van der Waals surface area contributed by atoms with E-state index in [-0.39, 0.29) is 0 Å². The summed E-state index contributed by atoms with van der Waals surface area (Å²) in [6.45, 7) is 2.14. The van der Waals surface area contributed by atoms with Crippen molar-refractivity contribution in [2.75, 3.05) is 0 Å². The lowest BCUT2D eigenvalue weighted by Gasteiger charge is -1.85. The van der Waals surface area contributed by atoms with Crippen molar-refractivity contribution in [2.24, 2.45) is 0 Å². The van der Waals surface area contributed by atoms with Gasteiger partial charge in [-0.3, -0.25) is 0 Å². The van der Waals surface area contributed by atoms with Crippen LogP contribution in [0.15, 0.2) is 85.1 Å². The minimum absolute atomic E-state index is 0.817. The molecule has 0 aromatic rings. The highest BCUT2D eigenvalue weighted by Gasteiger charge is 1.80. The van der Waals surface area contributed by atoms with Crippen LogP contribution in [0.25, 0.3) is 0 Å². The van der Waals surface area contributed by atoms with Gasteiger partial charge < -0.3 is 5.11 Å². The first-order valence-corrected chi connectivity index (χ1v) is 8.58. The third kappa shape index (κ3) is 19.7. The second-order valence-electron chi connectivity index (χ2n) is 5.07. The molecule has 0 spiro atoms. The maximum atomic E-state index is 10.2. The van der Waals surface area contributed by atoms with Crippen molar-refractivity contribution >= 4 is 5.97 Å². The van der Waals surface area contributed by atoms with Crippen molar-refractivity contribution in [2.45, 2.75) is 45.4 Å². The molecule has 0 aliphatic rings. The Labute approximate surface area is 147 Å². The lowest BCUT2D eigenvalue weighted by atomic mass is 10.2. The van der Waals surface area contributed by atoms with E-state index in [1.165, 1.54) is 6.08 Å². The Morgan fingerprint density at radius 1 is 0.625 bits per heavy atom. The van der Waals surface area contributed by atoms with Crippen LogP contribution in [-0.2, 0) is 4.79 Å². The molecule has 0 aliphatic carbocycles. The van der Waals surface area contributed by atoms with Crippen LogP contribution in [0.2, 0.25) is 0 Å². The summed E-state index contributed by atoms with van der Waals surface area (Å²) in [6, 6.07) is 0. The van der Waals surface area contributed by atoms with Crippen LogP contribution in [0.3, 0.4) is 0 Å². The summed E-state index contributed by atoms with van der Waals surface area (Å²) in [4.78, 5) is 10.2. The Morgan fingerprint density at radius 2 is 1.00 bits per heavy atom. The van der Waals surface area contributed by atoms with Gasteiger partial charge in [0.1, 0.15) is 0 Å². The third-order valence-electron chi connectivity index (χ3n) is 2.92. The Morgan fingerprint density at radius 3 is 1.38 bits per heavy atom. The zero-order chi connectivity index (χ0) is 17.7. The standard InChI is InChI=1S/C22H30O2/c1-2-3-4-5-6-7-8-9-10-11-12-13-14-15-16-17-18-19-20-21-22(23)24/h3-4,6-7,9-10,12-13,15-16,18-21H,2,5,8,11,14,17H2,1H3,(H,23,24)/b4-3-,7-6-,10-9-,13-12-,16-15-,19-18-,21-20-. The Balaban J connectivity index is 3.58. The van der Waals surface area contributed by atoms with Crippen molar-refractivity contribution in [3.05, 3.63) is 85.1 Å². The predicted molar refractivity (Wildman–Crippen MR) is 105 cm³/mol. The van der Waals surface area contributed by atoms with Crippen LogP contribution < -0.4 is 0 Å². The summed E-state index contributed by atoms with van der Waals surface area (Å²) >= 11 is 0. The average Bonchev–Trinajstić information content (AvgIpc) is 2.56. The molecule has 0 atom stereocenters. The minimum atomic E-state index is -0.922. The number of aliphatic carboxylic acids is 1. The number of hydrogen-bond acceptors (Lipinski definition) is 1. The van der Waals surface area contributed by atoms with E-state index in [4.69, 9.17) is 5.11 Å². The Hall–Kier alpha value is -2.35. The van der Waals surface area contributed by atoms with Gasteiger partial charge in [-0.1, -0.05) is 85.9 Å². The third-order valence-corrected chi connectivity index (χ3v) is 2.92. The van der Waals surface area contributed by atoms with Crippen molar-refractivity contribution < 1.29 is 9.90 Å².